The molecular formula is C22H19F4N9O3S. The van der Waals surface area contributed by atoms with Gasteiger partial charge in [0, 0.05) is 14.1 Å². The quantitative estimate of drug-likeness (QED) is 0.276. The lowest BCUT2D eigenvalue weighted by Gasteiger charge is -2.10. The van der Waals surface area contributed by atoms with Gasteiger partial charge >= 0.3 is 16.4 Å². The first-order valence-corrected chi connectivity index (χ1v) is 12.4. The van der Waals surface area contributed by atoms with Crippen molar-refractivity contribution < 1.29 is 30.7 Å². The van der Waals surface area contributed by atoms with Gasteiger partial charge in [0.2, 0.25) is 5.78 Å². The Balaban J connectivity index is 1.73. The highest BCUT2D eigenvalue weighted by molar-refractivity contribution is 7.87. The molecule has 0 saturated carbocycles. The van der Waals surface area contributed by atoms with Crippen LogP contribution < -0.4 is 4.74 Å². The molecular weight excluding hydrogens is 546 g/mol. The van der Waals surface area contributed by atoms with Crippen molar-refractivity contribution in [3.63, 3.8) is 0 Å². The van der Waals surface area contributed by atoms with E-state index in [1.54, 1.807) is 24.3 Å². The molecule has 0 N–H and O–H groups in total. The van der Waals surface area contributed by atoms with Crippen LogP contribution in [0.4, 0.5) is 17.6 Å². The fraction of sp³-hybridized carbons (Fsp3) is 0.227. The topological polar surface area (TPSA) is 125 Å². The number of ether oxygens (including phenoxy) is 1. The average Bonchev–Trinajstić information content (AvgIpc) is 3.60. The molecule has 0 radical (unpaired) electrons. The minimum absolute atomic E-state index is 0.0390. The third kappa shape index (κ3) is 4.81. The van der Waals surface area contributed by atoms with Crippen LogP contribution in [0.3, 0.4) is 0 Å². The van der Waals surface area contributed by atoms with Crippen molar-refractivity contribution in [1.82, 2.24) is 42.4 Å². The molecule has 0 spiro atoms. The molecule has 0 unspecified atom stereocenters. The first-order valence-electron chi connectivity index (χ1n) is 11.0. The number of rotatable bonds is 7. The van der Waals surface area contributed by atoms with Crippen molar-refractivity contribution in [2.45, 2.75) is 12.7 Å². The maximum absolute atomic E-state index is 14.2. The number of fused-ring (bicyclic) bond motifs is 1. The summed E-state index contributed by atoms with van der Waals surface area (Å²) in [5, 5.41) is 3.66. The largest absolute Gasteiger partial charge is 0.497 e. The molecule has 4 heterocycles. The summed E-state index contributed by atoms with van der Waals surface area (Å²) in [4.78, 5) is 16.0. The highest BCUT2D eigenvalue weighted by atomic mass is 32.2. The number of halogens is 4. The summed E-state index contributed by atoms with van der Waals surface area (Å²) in [6, 6.07) is 6.56. The van der Waals surface area contributed by atoms with E-state index in [1.807, 2.05) is 0 Å². The molecule has 5 aromatic rings. The summed E-state index contributed by atoms with van der Waals surface area (Å²) in [6.07, 6.45) is -0.868. The zero-order valence-electron chi connectivity index (χ0n) is 20.5. The van der Waals surface area contributed by atoms with Gasteiger partial charge in [-0.15, -0.1) is 5.10 Å². The lowest BCUT2D eigenvalue weighted by molar-refractivity contribution is -0.144. The molecule has 0 aliphatic carbocycles. The first-order chi connectivity index (χ1) is 18.4. The van der Waals surface area contributed by atoms with Crippen LogP contribution >= 0.6 is 0 Å². The van der Waals surface area contributed by atoms with Crippen LogP contribution in [0.1, 0.15) is 11.4 Å². The van der Waals surface area contributed by atoms with Crippen LogP contribution in [0.15, 0.2) is 49.2 Å². The number of hydrogen-bond acceptors (Lipinski definition) is 8. The number of aromatic nitrogens is 8. The van der Waals surface area contributed by atoms with Crippen molar-refractivity contribution in [2.75, 3.05) is 21.2 Å². The Morgan fingerprint density at radius 3 is 2.41 bits per heavy atom. The van der Waals surface area contributed by atoms with Crippen LogP contribution in [0.5, 0.6) is 5.75 Å². The van der Waals surface area contributed by atoms with E-state index in [-0.39, 0.29) is 35.2 Å². The Hall–Kier alpha value is -4.38. The predicted molar refractivity (Wildman–Crippen MR) is 128 cm³/mol. The van der Waals surface area contributed by atoms with E-state index in [9.17, 15) is 26.0 Å². The maximum atomic E-state index is 14.2. The zero-order valence-corrected chi connectivity index (χ0v) is 21.3. The van der Waals surface area contributed by atoms with E-state index < -0.39 is 28.0 Å². The van der Waals surface area contributed by atoms with Crippen molar-refractivity contribution in [1.29, 1.82) is 0 Å². The molecule has 0 fully saturated rings. The Morgan fingerprint density at radius 2 is 1.77 bits per heavy atom. The number of benzene rings is 1. The molecule has 0 amide bonds. The Bertz CT molecular complexity index is 1770. The number of nitrogens with zero attached hydrogens (tertiary/aromatic N) is 9. The number of hydrogen-bond donors (Lipinski definition) is 0. The molecule has 17 heteroatoms. The molecule has 0 aliphatic rings. The van der Waals surface area contributed by atoms with Crippen molar-refractivity contribution in [3.05, 3.63) is 66.4 Å². The number of methoxy groups -OCH3 is 1. The molecule has 4 aromatic heterocycles. The van der Waals surface area contributed by atoms with Crippen LogP contribution in [-0.2, 0) is 22.9 Å². The molecule has 5 rings (SSSR count). The molecule has 1 aromatic carbocycles. The maximum Gasteiger partial charge on any atom is 0.453 e. The minimum Gasteiger partial charge on any atom is -0.497 e. The fourth-order valence-electron chi connectivity index (χ4n) is 3.71. The van der Waals surface area contributed by atoms with Crippen molar-refractivity contribution in [2.24, 2.45) is 0 Å². The van der Waals surface area contributed by atoms with Gasteiger partial charge in [-0.25, -0.2) is 33.0 Å². The molecule has 0 bridgehead atoms. The van der Waals surface area contributed by atoms with Crippen molar-refractivity contribution in [3.8, 4) is 28.7 Å². The monoisotopic (exact) mass is 565 g/mol. The summed E-state index contributed by atoms with van der Waals surface area (Å²) in [7, 11) is 0.127. The van der Waals surface area contributed by atoms with Crippen LogP contribution in [-0.4, -0.2) is 72.0 Å². The fourth-order valence-corrected chi connectivity index (χ4v) is 4.48. The minimum atomic E-state index is -4.88. The lowest BCUT2D eigenvalue weighted by Crippen LogP contribution is -2.27. The summed E-state index contributed by atoms with van der Waals surface area (Å²) >= 11 is 0. The Labute approximate surface area is 218 Å². The molecule has 0 atom stereocenters. The van der Waals surface area contributed by atoms with Gasteiger partial charge in [0.15, 0.2) is 11.6 Å². The van der Waals surface area contributed by atoms with Crippen molar-refractivity contribution >= 4 is 16.0 Å². The van der Waals surface area contributed by atoms with Gasteiger partial charge in [0.1, 0.15) is 29.2 Å². The second-order valence-corrected chi connectivity index (χ2v) is 10.4. The van der Waals surface area contributed by atoms with Gasteiger partial charge in [-0.05, 0) is 17.7 Å². The van der Waals surface area contributed by atoms with E-state index in [2.05, 4.69) is 25.0 Å². The van der Waals surface area contributed by atoms with Gasteiger partial charge in [-0.2, -0.15) is 25.9 Å². The highest BCUT2D eigenvalue weighted by Crippen LogP contribution is 2.34. The second kappa shape index (κ2) is 9.42. The van der Waals surface area contributed by atoms with Crippen LogP contribution in [0, 0.1) is 5.82 Å². The molecule has 0 saturated heterocycles. The smallest absolute Gasteiger partial charge is 0.453 e. The SMILES string of the molecule is COc1ccc(Cn2nc(C(F)(F)F)nc2-c2nc3ncc(F)cn3c2-c2cn(S(=O)(=O)N(C)C)cn2)cc1. The third-order valence-corrected chi connectivity index (χ3v) is 7.26. The zero-order chi connectivity index (χ0) is 28.1. The van der Waals surface area contributed by atoms with Crippen LogP contribution in [0.2, 0.25) is 0 Å². The molecule has 12 nitrogen and oxygen atoms in total. The van der Waals surface area contributed by atoms with Gasteiger partial charge in [0.05, 0.1) is 32.2 Å². The van der Waals surface area contributed by atoms with E-state index in [1.165, 1.54) is 21.2 Å². The summed E-state index contributed by atoms with van der Waals surface area (Å²) < 4.78 is 89.5. The second-order valence-electron chi connectivity index (χ2n) is 8.39. The van der Waals surface area contributed by atoms with Crippen LogP contribution in [0.25, 0.3) is 28.7 Å². The highest BCUT2D eigenvalue weighted by Gasteiger charge is 2.38. The van der Waals surface area contributed by atoms with Gasteiger partial charge < -0.3 is 4.74 Å². The first kappa shape index (κ1) is 26.2. The number of imidazole rings is 2. The molecule has 39 heavy (non-hydrogen) atoms. The van der Waals surface area contributed by atoms with E-state index in [4.69, 9.17) is 4.74 Å². The Kier molecular flexibility index (Phi) is 6.34. The number of alkyl halides is 3. The third-order valence-electron chi connectivity index (χ3n) is 5.61. The predicted octanol–water partition coefficient (Wildman–Crippen LogP) is 2.72. The van der Waals surface area contributed by atoms with Gasteiger partial charge in [-0.3, -0.25) is 4.40 Å². The standard InChI is InChI=1S/C22H19F4N9O3S/c1-32(2)39(36,37)33-11-16(28-12-33)18-17(29-21-27-8-14(23)10-34(18)21)19-30-20(22(24,25)26)31-35(19)9-13-4-6-15(38-3)7-5-13/h4-8,10-12H,9H2,1-3H3. The molecule has 0 aliphatic heterocycles. The summed E-state index contributed by atoms with van der Waals surface area (Å²) in [6.45, 7) is -0.138. The average molecular weight is 566 g/mol. The lowest BCUT2D eigenvalue weighted by atomic mass is 10.2. The van der Waals surface area contributed by atoms with E-state index in [0.29, 0.717) is 11.3 Å². The van der Waals surface area contributed by atoms with Gasteiger partial charge in [0.25, 0.3) is 5.82 Å². The van der Waals surface area contributed by atoms with E-state index in [0.717, 1.165) is 42.3 Å². The Morgan fingerprint density at radius 1 is 1.05 bits per heavy atom. The normalized spacial score (nSPS) is 12.5. The van der Waals surface area contributed by atoms with Gasteiger partial charge in [-0.1, -0.05) is 12.1 Å². The molecule has 204 valence electrons. The summed E-state index contributed by atoms with van der Waals surface area (Å²) in [5.74, 6) is -2.05. The summed E-state index contributed by atoms with van der Waals surface area (Å²) in [5.41, 5.74) is 0.327. The van der Waals surface area contributed by atoms with E-state index >= 15 is 0 Å².